The van der Waals surface area contributed by atoms with E-state index < -0.39 is 0 Å². The highest BCUT2D eigenvalue weighted by Gasteiger charge is 2.13. The number of halogens is 1. The van der Waals surface area contributed by atoms with Crippen LogP contribution in [0, 0.1) is 12.7 Å². The molecule has 0 aliphatic carbocycles. The minimum Gasteiger partial charge on any atom is -0.345 e. The molecule has 3 nitrogen and oxygen atoms in total. The number of aromatic nitrogens is 2. The smallest absolute Gasteiger partial charge is 0.170 e. The maximum Gasteiger partial charge on any atom is 0.170 e. The Kier molecular flexibility index (Phi) is 3.83. The lowest BCUT2D eigenvalue weighted by molar-refractivity contribution is 0.0991. The summed E-state index contributed by atoms with van der Waals surface area (Å²) in [5.41, 5.74) is 3.27. The van der Waals surface area contributed by atoms with Gasteiger partial charge >= 0.3 is 0 Å². The van der Waals surface area contributed by atoms with Gasteiger partial charge in [0.25, 0.3) is 0 Å². The van der Waals surface area contributed by atoms with Gasteiger partial charge in [-0.25, -0.2) is 9.37 Å². The second-order valence-electron chi connectivity index (χ2n) is 5.13. The third-order valence-corrected chi connectivity index (χ3v) is 3.48. The van der Waals surface area contributed by atoms with Crippen LogP contribution >= 0.6 is 0 Å². The molecule has 0 unspecified atom stereocenters. The van der Waals surface area contributed by atoms with Crippen molar-refractivity contribution in [3.05, 3.63) is 77.5 Å². The number of H-pyrrole nitrogens is 1. The van der Waals surface area contributed by atoms with E-state index in [1.165, 1.54) is 24.3 Å². The van der Waals surface area contributed by atoms with Gasteiger partial charge < -0.3 is 4.98 Å². The molecular formula is C18H15FN2O. The average molecular weight is 294 g/mol. The second-order valence-corrected chi connectivity index (χ2v) is 5.13. The van der Waals surface area contributed by atoms with E-state index >= 15 is 0 Å². The predicted octanol–water partition coefficient (Wildman–Crippen LogP) is 3.95. The molecule has 0 fully saturated rings. The summed E-state index contributed by atoms with van der Waals surface area (Å²) < 4.78 is 12.9. The van der Waals surface area contributed by atoms with Crippen molar-refractivity contribution in [1.29, 1.82) is 0 Å². The first-order valence-electron chi connectivity index (χ1n) is 7.03. The molecule has 2 aromatic carbocycles. The normalized spacial score (nSPS) is 10.6. The Morgan fingerprint density at radius 2 is 1.77 bits per heavy atom. The van der Waals surface area contributed by atoms with Crippen molar-refractivity contribution < 1.29 is 9.18 Å². The number of aryl methyl sites for hydroxylation is 1. The summed E-state index contributed by atoms with van der Waals surface area (Å²) >= 11 is 0. The topological polar surface area (TPSA) is 45.8 Å². The van der Waals surface area contributed by atoms with Gasteiger partial charge in [0, 0.05) is 16.8 Å². The summed E-state index contributed by atoms with van der Waals surface area (Å²) in [6, 6.07) is 15.4. The van der Waals surface area contributed by atoms with Crippen molar-refractivity contribution in [2.75, 3.05) is 0 Å². The monoisotopic (exact) mass is 294 g/mol. The van der Waals surface area contributed by atoms with Crippen LogP contribution in [0.15, 0.2) is 54.6 Å². The first kappa shape index (κ1) is 14.2. The summed E-state index contributed by atoms with van der Waals surface area (Å²) in [4.78, 5) is 19.9. The molecule has 0 atom stereocenters. The number of rotatable bonds is 4. The number of carbonyl (C=O) groups is 1. The average Bonchev–Trinajstić information content (AvgIpc) is 2.89. The highest BCUT2D eigenvalue weighted by Crippen LogP contribution is 2.21. The van der Waals surface area contributed by atoms with Crippen LogP contribution in [-0.4, -0.2) is 15.8 Å². The zero-order valence-electron chi connectivity index (χ0n) is 12.1. The number of nitrogens with zero attached hydrogens (tertiary/aromatic N) is 1. The number of aromatic amines is 1. The van der Waals surface area contributed by atoms with Crippen molar-refractivity contribution in [1.82, 2.24) is 9.97 Å². The number of imidazole rings is 1. The van der Waals surface area contributed by atoms with E-state index in [1.54, 1.807) is 0 Å². The summed E-state index contributed by atoms with van der Waals surface area (Å²) in [6.45, 7) is 1.93. The lowest BCUT2D eigenvalue weighted by Gasteiger charge is -1.99. The number of hydrogen-bond donors (Lipinski definition) is 1. The SMILES string of the molecule is Cc1[nH]c(CC(=O)c2ccc(F)cc2)nc1-c1ccccc1. The highest BCUT2D eigenvalue weighted by atomic mass is 19.1. The predicted molar refractivity (Wildman–Crippen MR) is 83.2 cm³/mol. The second kappa shape index (κ2) is 5.93. The first-order chi connectivity index (χ1) is 10.6. The Balaban J connectivity index is 1.82. The Morgan fingerprint density at radius 1 is 1.09 bits per heavy atom. The molecule has 3 rings (SSSR count). The number of carbonyl (C=O) groups excluding carboxylic acids is 1. The molecule has 22 heavy (non-hydrogen) atoms. The molecule has 4 heteroatoms. The molecule has 1 heterocycles. The van der Waals surface area contributed by atoms with Crippen LogP contribution in [0.5, 0.6) is 0 Å². The zero-order valence-corrected chi connectivity index (χ0v) is 12.1. The molecule has 0 amide bonds. The van der Waals surface area contributed by atoms with Gasteiger partial charge in [0.15, 0.2) is 5.78 Å². The van der Waals surface area contributed by atoms with Crippen LogP contribution in [0.3, 0.4) is 0 Å². The van der Waals surface area contributed by atoms with Crippen LogP contribution in [-0.2, 0) is 6.42 Å². The van der Waals surface area contributed by atoms with Gasteiger partial charge in [-0.1, -0.05) is 30.3 Å². The molecule has 1 aromatic heterocycles. The van der Waals surface area contributed by atoms with E-state index in [9.17, 15) is 9.18 Å². The summed E-state index contributed by atoms with van der Waals surface area (Å²) in [6.07, 6.45) is 0.166. The lowest BCUT2D eigenvalue weighted by atomic mass is 10.1. The molecule has 0 saturated carbocycles. The van der Waals surface area contributed by atoms with Crippen molar-refractivity contribution in [2.24, 2.45) is 0 Å². The van der Waals surface area contributed by atoms with Gasteiger partial charge in [0.05, 0.1) is 12.1 Å². The maximum absolute atomic E-state index is 12.9. The third kappa shape index (κ3) is 2.96. The molecular weight excluding hydrogens is 279 g/mol. The van der Waals surface area contributed by atoms with Gasteiger partial charge in [-0.15, -0.1) is 0 Å². The van der Waals surface area contributed by atoms with Gasteiger partial charge in [-0.05, 0) is 31.2 Å². The summed E-state index contributed by atoms with van der Waals surface area (Å²) in [5, 5.41) is 0. The van der Waals surface area contributed by atoms with Crippen LogP contribution in [0.4, 0.5) is 4.39 Å². The number of Topliss-reactive ketones (excluding diaryl/α,β-unsaturated/α-hetero) is 1. The largest absolute Gasteiger partial charge is 0.345 e. The van der Waals surface area contributed by atoms with Crippen LogP contribution in [0.1, 0.15) is 21.9 Å². The standard InChI is InChI=1S/C18H15FN2O/c1-12-18(14-5-3-2-4-6-14)21-17(20-12)11-16(22)13-7-9-15(19)10-8-13/h2-10H,11H2,1H3,(H,20,21). The van der Waals surface area contributed by atoms with Crippen molar-refractivity contribution in [3.8, 4) is 11.3 Å². The van der Waals surface area contributed by atoms with E-state index in [-0.39, 0.29) is 18.0 Å². The van der Waals surface area contributed by atoms with Gasteiger partial charge in [0.1, 0.15) is 11.6 Å². The van der Waals surface area contributed by atoms with Gasteiger partial charge in [0.2, 0.25) is 0 Å². The molecule has 1 N–H and O–H groups in total. The van der Waals surface area contributed by atoms with E-state index in [0.29, 0.717) is 11.4 Å². The fourth-order valence-corrected chi connectivity index (χ4v) is 2.37. The quantitative estimate of drug-likeness (QED) is 0.741. The molecule has 0 saturated heterocycles. The fraction of sp³-hybridized carbons (Fsp3) is 0.111. The third-order valence-electron chi connectivity index (χ3n) is 3.48. The van der Waals surface area contributed by atoms with E-state index in [1.807, 2.05) is 37.3 Å². The van der Waals surface area contributed by atoms with Crippen molar-refractivity contribution in [2.45, 2.75) is 13.3 Å². The number of ketones is 1. The molecule has 0 aliphatic heterocycles. The van der Waals surface area contributed by atoms with Gasteiger partial charge in [-0.3, -0.25) is 4.79 Å². The number of benzene rings is 2. The Hall–Kier alpha value is -2.75. The molecule has 3 aromatic rings. The Labute approximate surface area is 127 Å². The van der Waals surface area contributed by atoms with E-state index in [2.05, 4.69) is 9.97 Å². The number of hydrogen-bond acceptors (Lipinski definition) is 2. The highest BCUT2D eigenvalue weighted by molar-refractivity contribution is 5.97. The number of nitrogens with one attached hydrogen (secondary N) is 1. The van der Waals surface area contributed by atoms with Gasteiger partial charge in [-0.2, -0.15) is 0 Å². The lowest BCUT2D eigenvalue weighted by Crippen LogP contribution is -2.05. The molecule has 0 radical (unpaired) electrons. The zero-order chi connectivity index (χ0) is 15.5. The minimum absolute atomic E-state index is 0.0895. The van der Waals surface area contributed by atoms with Crippen molar-refractivity contribution in [3.63, 3.8) is 0 Å². The summed E-state index contributed by atoms with van der Waals surface area (Å²) in [7, 11) is 0. The Bertz CT molecular complexity index is 792. The maximum atomic E-state index is 12.9. The van der Waals surface area contributed by atoms with Crippen LogP contribution in [0.2, 0.25) is 0 Å². The van der Waals surface area contributed by atoms with E-state index in [4.69, 9.17) is 0 Å². The van der Waals surface area contributed by atoms with Crippen molar-refractivity contribution >= 4 is 5.78 Å². The molecule has 110 valence electrons. The Morgan fingerprint density at radius 3 is 2.45 bits per heavy atom. The minimum atomic E-state index is -0.350. The molecule has 0 aliphatic rings. The first-order valence-corrected chi connectivity index (χ1v) is 7.03. The molecule has 0 spiro atoms. The van der Waals surface area contributed by atoms with E-state index in [0.717, 1.165) is 17.0 Å². The van der Waals surface area contributed by atoms with Crippen LogP contribution in [0.25, 0.3) is 11.3 Å². The molecule has 0 bridgehead atoms. The van der Waals surface area contributed by atoms with Crippen LogP contribution < -0.4 is 0 Å². The fourth-order valence-electron chi connectivity index (χ4n) is 2.37. The summed E-state index contributed by atoms with van der Waals surface area (Å²) in [5.74, 6) is 0.177.